The number of allylic oxidation sites excluding steroid dienone is 1. The first-order chi connectivity index (χ1) is 14.1. The average Bonchev–Trinajstić information content (AvgIpc) is 3.21. The Morgan fingerprint density at radius 1 is 1.21 bits per heavy atom. The maximum atomic E-state index is 11.6. The topological polar surface area (TPSA) is 48.4 Å². The summed E-state index contributed by atoms with van der Waals surface area (Å²) in [6, 6.07) is 15.5. The number of aromatic nitrogens is 1. The smallest absolute Gasteiger partial charge is 0.310 e. The van der Waals surface area contributed by atoms with Crippen molar-refractivity contribution in [3.05, 3.63) is 76.3 Å². The van der Waals surface area contributed by atoms with E-state index >= 15 is 0 Å². The van der Waals surface area contributed by atoms with Gasteiger partial charge in [-0.1, -0.05) is 48.0 Å². The maximum Gasteiger partial charge on any atom is 0.310 e. The molecule has 0 aliphatic heterocycles. The van der Waals surface area contributed by atoms with E-state index in [4.69, 9.17) is 21.1 Å². The predicted molar refractivity (Wildman–Crippen MR) is 118 cm³/mol. The number of rotatable bonds is 8. The van der Waals surface area contributed by atoms with Crippen molar-refractivity contribution in [3.63, 3.8) is 0 Å². The highest BCUT2D eigenvalue weighted by Gasteiger charge is 2.09. The maximum absolute atomic E-state index is 11.6. The molecule has 0 aliphatic rings. The molecule has 0 aliphatic carbocycles. The number of hydrogen-bond acceptors (Lipinski definition) is 5. The van der Waals surface area contributed by atoms with Crippen molar-refractivity contribution in [3.8, 4) is 16.3 Å². The second kappa shape index (κ2) is 10.2. The summed E-state index contributed by atoms with van der Waals surface area (Å²) in [5, 5.41) is 1.47. The van der Waals surface area contributed by atoms with Gasteiger partial charge in [-0.05, 0) is 43.2 Å². The Bertz CT molecular complexity index is 998. The van der Waals surface area contributed by atoms with Gasteiger partial charge in [0.2, 0.25) is 0 Å². The summed E-state index contributed by atoms with van der Waals surface area (Å²) in [5.41, 5.74) is 3.01. The molecule has 6 heteroatoms. The zero-order valence-corrected chi connectivity index (χ0v) is 17.9. The van der Waals surface area contributed by atoms with Gasteiger partial charge in [0, 0.05) is 11.8 Å². The number of thiazole rings is 1. The van der Waals surface area contributed by atoms with Crippen LogP contribution in [0.3, 0.4) is 0 Å². The number of nitrogens with zero attached hydrogens (tertiary/aromatic N) is 1. The van der Waals surface area contributed by atoms with Gasteiger partial charge in [-0.25, -0.2) is 4.98 Å². The van der Waals surface area contributed by atoms with E-state index in [0.29, 0.717) is 24.0 Å². The van der Waals surface area contributed by atoms with E-state index in [1.165, 1.54) is 0 Å². The lowest BCUT2D eigenvalue weighted by Crippen LogP contribution is -2.07. The number of benzene rings is 2. The molecular weight excluding hydrogens is 406 g/mol. The number of halogens is 1. The number of carbonyl (C=O) groups is 1. The molecule has 0 radical (unpaired) electrons. The minimum Gasteiger partial charge on any atom is -0.488 e. The zero-order valence-electron chi connectivity index (χ0n) is 16.4. The third-order valence-corrected chi connectivity index (χ3v) is 5.67. The summed E-state index contributed by atoms with van der Waals surface area (Å²) in [6.07, 6.45) is 4.09. The number of ether oxygens (including phenoxy) is 2. The molecule has 0 spiro atoms. The highest BCUT2D eigenvalue weighted by Crippen LogP contribution is 2.29. The van der Waals surface area contributed by atoms with Crippen LogP contribution in [0.5, 0.6) is 5.75 Å². The van der Waals surface area contributed by atoms with Crippen LogP contribution in [0, 0.1) is 0 Å². The number of esters is 1. The molecule has 0 atom stereocenters. The minimum absolute atomic E-state index is 0.196. The molecule has 0 bridgehead atoms. The van der Waals surface area contributed by atoms with Gasteiger partial charge in [-0.15, -0.1) is 11.3 Å². The van der Waals surface area contributed by atoms with Crippen LogP contribution in [0.25, 0.3) is 16.1 Å². The van der Waals surface area contributed by atoms with Crippen molar-refractivity contribution in [2.75, 3.05) is 13.2 Å². The summed E-state index contributed by atoms with van der Waals surface area (Å²) in [5.74, 6) is 0.313. The van der Waals surface area contributed by atoms with Crippen molar-refractivity contribution in [1.82, 2.24) is 4.98 Å². The Morgan fingerprint density at radius 3 is 2.72 bits per heavy atom. The standard InChI is InChI=1S/C23H22ClNO3S/c1-3-27-22(26)14-17-9-10-20(19(24)13-17)28-12-11-16(2)21-15-25-23(29-21)18-7-5-4-6-8-18/h4-11,13,15H,3,12,14H2,1-2H3. The Balaban J connectivity index is 1.59. The molecule has 0 amide bonds. The summed E-state index contributed by atoms with van der Waals surface area (Å²) < 4.78 is 10.7. The van der Waals surface area contributed by atoms with Crippen LogP contribution in [-0.2, 0) is 16.0 Å². The highest BCUT2D eigenvalue weighted by molar-refractivity contribution is 7.16. The van der Waals surface area contributed by atoms with Crippen molar-refractivity contribution in [2.24, 2.45) is 0 Å². The Labute approximate surface area is 179 Å². The van der Waals surface area contributed by atoms with Crippen LogP contribution < -0.4 is 4.74 Å². The van der Waals surface area contributed by atoms with Gasteiger partial charge in [-0.3, -0.25) is 4.79 Å². The van der Waals surface area contributed by atoms with Crippen LogP contribution in [-0.4, -0.2) is 24.2 Å². The van der Waals surface area contributed by atoms with Gasteiger partial charge in [-0.2, -0.15) is 0 Å². The lowest BCUT2D eigenvalue weighted by Gasteiger charge is -2.08. The molecule has 29 heavy (non-hydrogen) atoms. The van der Waals surface area contributed by atoms with Gasteiger partial charge in [0.1, 0.15) is 17.4 Å². The summed E-state index contributed by atoms with van der Waals surface area (Å²) in [6.45, 7) is 4.58. The van der Waals surface area contributed by atoms with E-state index in [1.54, 1.807) is 30.4 Å². The van der Waals surface area contributed by atoms with Gasteiger partial charge in [0.15, 0.2) is 0 Å². The molecule has 0 unspecified atom stereocenters. The van der Waals surface area contributed by atoms with Crippen molar-refractivity contribution < 1.29 is 14.3 Å². The molecule has 1 heterocycles. The Morgan fingerprint density at radius 2 is 2.00 bits per heavy atom. The van der Waals surface area contributed by atoms with E-state index in [1.807, 2.05) is 43.5 Å². The minimum atomic E-state index is -0.268. The van der Waals surface area contributed by atoms with Crippen LogP contribution in [0.4, 0.5) is 0 Å². The lowest BCUT2D eigenvalue weighted by molar-refractivity contribution is -0.142. The molecule has 4 nitrogen and oxygen atoms in total. The van der Waals surface area contributed by atoms with Gasteiger partial charge in [0.25, 0.3) is 0 Å². The second-order valence-electron chi connectivity index (χ2n) is 6.34. The summed E-state index contributed by atoms with van der Waals surface area (Å²) in [7, 11) is 0. The molecule has 2 aromatic carbocycles. The fourth-order valence-electron chi connectivity index (χ4n) is 2.68. The third-order valence-electron chi connectivity index (χ3n) is 4.19. The Hall–Kier alpha value is -2.63. The largest absolute Gasteiger partial charge is 0.488 e. The van der Waals surface area contributed by atoms with Crippen molar-refractivity contribution in [2.45, 2.75) is 20.3 Å². The lowest BCUT2D eigenvalue weighted by atomic mass is 10.1. The monoisotopic (exact) mass is 427 g/mol. The summed E-state index contributed by atoms with van der Waals surface area (Å²) in [4.78, 5) is 17.2. The normalized spacial score (nSPS) is 11.3. The van der Waals surface area contributed by atoms with Gasteiger partial charge < -0.3 is 9.47 Å². The van der Waals surface area contributed by atoms with E-state index in [-0.39, 0.29) is 12.4 Å². The fraction of sp³-hybridized carbons (Fsp3) is 0.217. The molecule has 0 saturated heterocycles. The first-order valence-corrected chi connectivity index (χ1v) is 10.5. The van der Waals surface area contributed by atoms with Crippen molar-refractivity contribution >= 4 is 34.5 Å². The van der Waals surface area contributed by atoms with Crippen LogP contribution in [0.1, 0.15) is 24.3 Å². The van der Waals surface area contributed by atoms with E-state index < -0.39 is 0 Å². The van der Waals surface area contributed by atoms with E-state index in [0.717, 1.165) is 26.6 Å². The van der Waals surface area contributed by atoms with Gasteiger partial charge >= 0.3 is 5.97 Å². The Kier molecular flexibility index (Phi) is 7.44. The van der Waals surface area contributed by atoms with Crippen molar-refractivity contribution in [1.29, 1.82) is 0 Å². The number of hydrogen-bond donors (Lipinski definition) is 0. The first-order valence-electron chi connectivity index (χ1n) is 9.32. The van der Waals surface area contributed by atoms with E-state index in [9.17, 15) is 4.79 Å². The second-order valence-corrected chi connectivity index (χ2v) is 7.78. The first kappa shape index (κ1) is 21.1. The zero-order chi connectivity index (χ0) is 20.6. The van der Waals surface area contributed by atoms with Crippen LogP contribution >= 0.6 is 22.9 Å². The third kappa shape index (κ3) is 5.92. The average molecular weight is 428 g/mol. The number of carbonyl (C=O) groups excluding carboxylic acids is 1. The van der Waals surface area contributed by atoms with Crippen LogP contribution in [0.2, 0.25) is 5.02 Å². The summed E-state index contributed by atoms with van der Waals surface area (Å²) >= 11 is 7.94. The fourth-order valence-corrected chi connectivity index (χ4v) is 3.85. The molecule has 150 valence electrons. The van der Waals surface area contributed by atoms with Gasteiger partial charge in [0.05, 0.1) is 22.9 Å². The predicted octanol–water partition coefficient (Wildman–Crippen LogP) is 6.05. The van der Waals surface area contributed by atoms with Crippen LogP contribution in [0.15, 0.2) is 60.8 Å². The molecule has 0 N–H and O–H groups in total. The molecule has 0 fully saturated rings. The molecular formula is C23H22ClNO3S. The molecule has 1 aromatic heterocycles. The molecule has 0 saturated carbocycles. The van der Waals surface area contributed by atoms with E-state index in [2.05, 4.69) is 17.1 Å². The molecule has 3 aromatic rings. The highest BCUT2D eigenvalue weighted by atomic mass is 35.5. The quantitative estimate of drug-likeness (QED) is 0.410. The SMILES string of the molecule is CCOC(=O)Cc1ccc(OCC=C(C)c2cnc(-c3ccccc3)s2)c(Cl)c1. The molecule has 3 rings (SSSR count).